The van der Waals surface area contributed by atoms with Gasteiger partial charge in [0.2, 0.25) is 5.95 Å². The molecule has 0 aliphatic carbocycles. The molecule has 0 unspecified atom stereocenters. The van der Waals surface area contributed by atoms with Crippen LogP contribution in [0.15, 0.2) is 6.07 Å². The predicted molar refractivity (Wildman–Crippen MR) is 79.1 cm³/mol. The summed E-state index contributed by atoms with van der Waals surface area (Å²) >= 11 is 1.65. The standard InChI is InChI=1S/C13H20N4S/c1-8-7-9-10(15-6-5-13(2,3)4)16-12(14)17-11(9)18-8/h7H,5-6H2,1-4H3,(H3,14,15,16,17). The fourth-order valence-electron chi connectivity index (χ4n) is 1.75. The van der Waals surface area contributed by atoms with Crippen molar-refractivity contribution in [2.45, 2.75) is 34.1 Å². The Bertz CT molecular complexity index is 554. The summed E-state index contributed by atoms with van der Waals surface area (Å²) in [5.74, 6) is 1.19. The minimum absolute atomic E-state index is 0.315. The first-order chi connectivity index (χ1) is 8.35. The second-order valence-electron chi connectivity index (χ2n) is 5.74. The first-order valence-corrected chi connectivity index (χ1v) is 6.94. The van der Waals surface area contributed by atoms with Crippen LogP contribution in [0.2, 0.25) is 0 Å². The lowest BCUT2D eigenvalue weighted by molar-refractivity contribution is 0.389. The lowest BCUT2D eigenvalue weighted by Gasteiger charge is -2.18. The van der Waals surface area contributed by atoms with E-state index in [0.717, 1.165) is 29.0 Å². The zero-order chi connectivity index (χ0) is 13.3. The van der Waals surface area contributed by atoms with Gasteiger partial charge in [-0.25, -0.2) is 4.98 Å². The summed E-state index contributed by atoms with van der Waals surface area (Å²) in [7, 11) is 0. The SMILES string of the molecule is Cc1cc2c(NCCC(C)(C)C)nc(N)nc2s1. The van der Waals surface area contributed by atoms with Gasteiger partial charge in [0.1, 0.15) is 10.6 Å². The van der Waals surface area contributed by atoms with Crippen molar-refractivity contribution < 1.29 is 0 Å². The van der Waals surface area contributed by atoms with Gasteiger partial charge in [0.25, 0.3) is 0 Å². The zero-order valence-corrected chi connectivity index (χ0v) is 12.2. The fraction of sp³-hybridized carbons (Fsp3) is 0.538. The van der Waals surface area contributed by atoms with Gasteiger partial charge in [-0.15, -0.1) is 11.3 Å². The van der Waals surface area contributed by atoms with E-state index in [2.05, 4.69) is 49.0 Å². The number of fused-ring (bicyclic) bond motifs is 1. The van der Waals surface area contributed by atoms with Gasteiger partial charge >= 0.3 is 0 Å². The molecule has 2 heterocycles. The molecule has 0 amide bonds. The third-order valence-electron chi connectivity index (χ3n) is 2.70. The minimum atomic E-state index is 0.315. The quantitative estimate of drug-likeness (QED) is 0.891. The number of hydrogen-bond donors (Lipinski definition) is 2. The highest BCUT2D eigenvalue weighted by atomic mass is 32.1. The number of nitrogen functional groups attached to an aromatic ring is 1. The fourth-order valence-corrected chi connectivity index (χ4v) is 2.64. The van der Waals surface area contributed by atoms with E-state index in [9.17, 15) is 0 Å². The molecule has 2 rings (SSSR count). The maximum absolute atomic E-state index is 5.74. The van der Waals surface area contributed by atoms with Crippen LogP contribution in [-0.2, 0) is 0 Å². The van der Waals surface area contributed by atoms with Crippen molar-refractivity contribution in [3.63, 3.8) is 0 Å². The third-order valence-corrected chi connectivity index (χ3v) is 3.65. The van der Waals surface area contributed by atoms with E-state index in [1.807, 2.05) is 0 Å². The summed E-state index contributed by atoms with van der Waals surface area (Å²) < 4.78 is 0. The highest BCUT2D eigenvalue weighted by Crippen LogP contribution is 2.29. The molecule has 5 heteroatoms. The Labute approximate surface area is 112 Å². The smallest absolute Gasteiger partial charge is 0.223 e. The number of nitrogens with zero attached hydrogens (tertiary/aromatic N) is 2. The van der Waals surface area contributed by atoms with E-state index in [1.165, 1.54) is 4.88 Å². The van der Waals surface area contributed by atoms with E-state index in [4.69, 9.17) is 5.73 Å². The van der Waals surface area contributed by atoms with Crippen molar-refractivity contribution in [2.24, 2.45) is 5.41 Å². The van der Waals surface area contributed by atoms with Crippen LogP contribution in [0, 0.1) is 12.3 Å². The first kappa shape index (κ1) is 13.1. The monoisotopic (exact) mass is 264 g/mol. The largest absolute Gasteiger partial charge is 0.369 e. The number of anilines is 2. The Balaban J connectivity index is 2.21. The maximum Gasteiger partial charge on any atom is 0.223 e. The Morgan fingerprint density at radius 1 is 1.33 bits per heavy atom. The van der Waals surface area contributed by atoms with Crippen LogP contribution in [0.1, 0.15) is 32.1 Å². The lowest BCUT2D eigenvalue weighted by atomic mass is 9.92. The first-order valence-electron chi connectivity index (χ1n) is 6.13. The highest BCUT2D eigenvalue weighted by Gasteiger charge is 2.12. The van der Waals surface area contributed by atoms with Crippen LogP contribution >= 0.6 is 11.3 Å². The molecule has 0 aromatic carbocycles. The molecular weight excluding hydrogens is 244 g/mol. The Morgan fingerprint density at radius 3 is 2.72 bits per heavy atom. The van der Waals surface area contributed by atoms with Crippen LogP contribution in [0.4, 0.5) is 11.8 Å². The molecule has 0 radical (unpaired) electrons. The van der Waals surface area contributed by atoms with Crippen molar-refractivity contribution in [1.82, 2.24) is 9.97 Å². The van der Waals surface area contributed by atoms with E-state index in [-0.39, 0.29) is 0 Å². The van der Waals surface area contributed by atoms with Crippen LogP contribution in [0.5, 0.6) is 0 Å². The predicted octanol–water partition coefficient (Wildman–Crippen LogP) is 3.43. The molecule has 98 valence electrons. The average molecular weight is 264 g/mol. The summed E-state index contributed by atoms with van der Waals surface area (Å²) in [5, 5.41) is 4.44. The minimum Gasteiger partial charge on any atom is -0.369 e. The van der Waals surface area contributed by atoms with E-state index in [0.29, 0.717) is 11.4 Å². The Kier molecular flexibility index (Phi) is 3.43. The van der Waals surface area contributed by atoms with Crippen molar-refractivity contribution >= 4 is 33.3 Å². The van der Waals surface area contributed by atoms with E-state index < -0.39 is 0 Å². The maximum atomic E-state index is 5.74. The van der Waals surface area contributed by atoms with E-state index in [1.54, 1.807) is 11.3 Å². The van der Waals surface area contributed by atoms with Crippen LogP contribution in [0.3, 0.4) is 0 Å². The molecule has 0 bridgehead atoms. The Morgan fingerprint density at radius 2 is 2.06 bits per heavy atom. The molecule has 0 aliphatic rings. The molecular formula is C13H20N4S. The molecule has 2 aromatic rings. The van der Waals surface area contributed by atoms with Crippen LogP contribution < -0.4 is 11.1 Å². The van der Waals surface area contributed by atoms with Crippen molar-refractivity contribution in [3.05, 3.63) is 10.9 Å². The number of rotatable bonds is 3. The molecule has 3 N–H and O–H groups in total. The molecule has 0 atom stereocenters. The highest BCUT2D eigenvalue weighted by molar-refractivity contribution is 7.18. The second kappa shape index (κ2) is 4.72. The molecule has 0 saturated heterocycles. The second-order valence-corrected chi connectivity index (χ2v) is 6.98. The third kappa shape index (κ3) is 3.10. The molecule has 0 fully saturated rings. The normalized spacial score (nSPS) is 12.0. The zero-order valence-electron chi connectivity index (χ0n) is 11.4. The lowest BCUT2D eigenvalue weighted by Crippen LogP contribution is -2.14. The van der Waals surface area contributed by atoms with Gasteiger partial charge < -0.3 is 11.1 Å². The molecule has 18 heavy (non-hydrogen) atoms. The molecule has 0 saturated carbocycles. The van der Waals surface area contributed by atoms with Gasteiger partial charge in [0, 0.05) is 11.4 Å². The summed E-state index contributed by atoms with van der Waals surface area (Å²) in [6.45, 7) is 9.65. The summed E-state index contributed by atoms with van der Waals surface area (Å²) in [6.07, 6.45) is 1.08. The Hall–Kier alpha value is -1.36. The van der Waals surface area contributed by atoms with Gasteiger partial charge in [-0.2, -0.15) is 4.98 Å². The number of aromatic nitrogens is 2. The van der Waals surface area contributed by atoms with Crippen molar-refractivity contribution in [1.29, 1.82) is 0 Å². The molecule has 2 aromatic heterocycles. The number of thiophene rings is 1. The van der Waals surface area contributed by atoms with Crippen LogP contribution in [-0.4, -0.2) is 16.5 Å². The number of hydrogen-bond acceptors (Lipinski definition) is 5. The van der Waals surface area contributed by atoms with Gasteiger partial charge in [0.15, 0.2) is 0 Å². The summed E-state index contributed by atoms with van der Waals surface area (Å²) in [4.78, 5) is 10.7. The van der Waals surface area contributed by atoms with Crippen LogP contribution in [0.25, 0.3) is 10.2 Å². The van der Waals surface area contributed by atoms with Crippen molar-refractivity contribution in [2.75, 3.05) is 17.6 Å². The van der Waals surface area contributed by atoms with Gasteiger partial charge in [-0.05, 0) is 24.8 Å². The summed E-state index contributed by atoms with van der Waals surface area (Å²) in [6, 6.07) is 2.11. The van der Waals surface area contributed by atoms with Gasteiger partial charge in [-0.3, -0.25) is 0 Å². The topological polar surface area (TPSA) is 63.8 Å². The number of nitrogens with one attached hydrogen (secondary N) is 1. The summed E-state index contributed by atoms with van der Waals surface area (Å²) in [5.41, 5.74) is 6.05. The number of aryl methyl sites for hydroxylation is 1. The van der Waals surface area contributed by atoms with E-state index >= 15 is 0 Å². The number of nitrogens with two attached hydrogens (primary N) is 1. The molecule has 0 aliphatic heterocycles. The van der Waals surface area contributed by atoms with Crippen molar-refractivity contribution in [3.8, 4) is 0 Å². The van der Waals surface area contributed by atoms with Gasteiger partial charge in [-0.1, -0.05) is 20.8 Å². The molecule has 0 spiro atoms. The average Bonchev–Trinajstić information content (AvgIpc) is 2.56. The van der Waals surface area contributed by atoms with Gasteiger partial charge in [0.05, 0.1) is 5.39 Å². The molecule has 4 nitrogen and oxygen atoms in total.